The van der Waals surface area contributed by atoms with Crippen LogP contribution in [0.3, 0.4) is 0 Å². The van der Waals surface area contributed by atoms with E-state index in [0.29, 0.717) is 6.04 Å². The zero-order valence-electron chi connectivity index (χ0n) is 11.6. The quantitative estimate of drug-likeness (QED) is 0.886. The third kappa shape index (κ3) is 3.77. The van der Waals surface area contributed by atoms with E-state index >= 15 is 0 Å². The number of nitrogens with one attached hydrogen (secondary N) is 1. The fourth-order valence-corrected chi connectivity index (χ4v) is 3.51. The van der Waals surface area contributed by atoms with E-state index in [2.05, 4.69) is 40.0 Å². The van der Waals surface area contributed by atoms with E-state index < -0.39 is 0 Å². The van der Waals surface area contributed by atoms with Crippen molar-refractivity contribution in [1.82, 2.24) is 10.2 Å². The molecule has 1 aromatic carbocycles. The predicted octanol–water partition coefficient (Wildman–Crippen LogP) is 3.72. The molecule has 1 aliphatic heterocycles. The largest absolute Gasteiger partial charge is 0.309 e. The number of halogens is 2. The minimum atomic E-state index is -0.198. The smallest absolute Gasteiger partial charge is 0.124 e. The minimum Gasteiger partial charge on any atom is -0.309 e. The van der Waals surface area contributed by atoms with E-state index in [9.17, 15) is 4.39 Å². The fraction of sp³-hybridized carbons (Fsp3) is 0.600. The second-order valence-electron chi connectivity index (χ2n) is 5.22. The molecule has 1 fully saturated rings. The van der Waals surface area contributed by atoms with Crippen molar-refractivity contribution in [2.75, 3.05) is 19.6 Å². The lowest BCUT2D eigenvalue weighted by molar-refractivity contribution is 0.255. The average Bonchev–Trinajstić information content (AvgIpc) is 2.83. The summed E-state index contributed by atoms with van der Waals surface area (Å²) < 4.78 is 13.9. The Bertz CT molecular complexity index is 425. The summed E-state index contributed by atoms with van der Waals surface area (Å²) >= 11 is 3.44. The first-order chi connectivity index (χ1) is 9.11. The molecule has 0 aromatic heterocycles. The van der Waals surface area contributed by atoms with Gasteiger partial charge in [-0.3, -0.25) is 4.90 Å². The van der Waals surface area contributed by atoms with Crippen molar-refractivity contribution in [3.05, 3.63) is 34.1 Å². The van der Waals surface area contributed by atoms with Crippen LogP contribution in [0.4, 0.5) is 4.39 Å². The zero-order chi connectivity index (χ0) is 13.8. The highest BCUT2D eigenvalue weighted by molar-refractivity contribution is 9.10. The first-order valence-corrected chi connectivity index (χ1v) is 7.83. The molecular weight excluding hydrogens is 307 g/mol. The highest BCUT2D eigenvalue weighted by atomic mass is 79.9. The number of benzene rings is 1. The van der Waals surface area contributed by atoms with Crippen LogP contribution < -0.4 is 5.32 Å². The van der Waals surface area contributed by atoms with E-state index in [1.54, 1.807) is 0 Å². The summed E-state index contributed by atoms with van der Waals surface area (Å²) in [5.41, 5.74) is 1.11. The summed E-state index contributed by atoms with van der Waals surface area (Å²) in [6.45, 7) is 7.69. The number of hydrogen-bond acceptors (Lipinski definition) is 2. The standard InChI is InChI=1S/C15H22BrFN2/c1-3-19-8-4-5-13(19)10-18-11(2)14-7-6-12(17)9-15(14)16/h6-7,9,11,13,18H,3-5,8,10H2,1-2H3. The summed E-state index contributed by atoms with van der Waals surface area (Å²) in [6.07, 6.45) is 2.58. The van der Waals surface area contributed by atoms with E-state index in [0.717, 1.165) is 23.1 Å². The average molecular weight is 329 g/mol. The Morgan fingerprint density at radius 2 is 2.32 bits per heavy atom. The van der Waals surface area contributed by atoms with Crippen LogP contribution in [0, 0.1) is 5.82 Å². The monoisotopic (exact) mass is 328 g/mol. The van der Waals surface area contributed by atoms with Crippen LogP contribution in [-0.2, 0) is 0 Å². The number of rotatable bonds is 5. The van der Waals surface area contributed by atoms with Crippen molar-refractivity contribution in [2.45, 2.75) is 38.8 Å². The fourth-order valence-electron chi connectivity index (χ4n) is 2.82. The SMILES string of the molecule is CCN1CCCC1CNC(C)c1ccc(F)cc1Br. The Morgan fingerprint density at radius 3 is 3.00 bits per heavy atom. The molecule has 2 nitrogen and oxygen atoms in total. The highest BCUT2D eigenvalue weighted by Crippen LogP contribution is 2.24. The molecule has 1 aromatic rings. The molecule has 106 valence electrons. The Morgan fingerprint density at radius 1 is 1.53 bits per heavy atom. The Hall–Kier alpha value is -0.450. The van der Waals surface area contributed by atoms with Gasteiger partial charge in [0.15, 0.2) is 0 Å². The van der Waals surface area contributed by atoms with Gasteiger partial charge in [0.25, 0.3) is 0 Å². The Balaban J connectivity index is 1.92. The molecule has 2 rings (SSSR count). The van der Waals surface area contributed by atoms with Crippen molar-refractivity contribution in [1.29, 1.82) is 0 Å². The van der Waals surface area contributed by atoms with Gasteiger partial charge in [-0.2, -0.15) is 0 Å². The number of likely N-dealkylation sites (tertiary alicyclic amines) is 1. The maximum absolute atomic E-state index is 13.1. The highest BCUT2D eigenvalue weighted by Gasteiger charge is 2.23. The van der Waals surface area contributed by atoms with E-state index in [4.69, 9.17) is 0 Å². The van der Waals surface area contributed by atoms with E-state index in [1.807, 2.05) is 6.07 Å². The lowest BCUT2D eigenvalue weighted by atomic mass is 10.1. The molecule has 1 saturated heterocycles. The van der Waals surface area contributed by atoms with Gasteiger partial charge in [-0.05, 0) is 50.6 Å². The summed E-state index contributed by atoms with van der Waals surface area (Å²) in [5, 5.41) is 3.57. The molecule has 0 spiro atoms. The molecule has 19 heavy (non-hydrogen) atoms. The van der Waals surface area contributed by atoms with Crippen LogP contribution in [0.1, 0.15) is 38.3 Å². The summed E-state index contributed by atoms with van der Waals surface area (Å²) in [5.74, 6) is -0.198. The first-order valence-electron chi connectivity index (χ1n) is 7.04. The van der Waals surface area contributed by atoms with Crippen molar-refractivity contribution >= 4 is 15.9 Å². The molecular formula is C15H22BrFN2. The lowest BCUT2D eigenvalue weighted by Gasteiger charge is -2.25. The maximum atomic E-state index is 13.1. The van der Waals surface area contributed by atoms with Gasteiger partial charge in [0.2, 0.25) is 0 Å². The molecule has 0 bridgehead atoms. The van der Waals surface area contributed by atoms with Gasteiger partial charge in [-0.15, -0.1) is 0 Å². The van der Waals surface area contributed by atoms with Gasteiger partial charge in [0, 0.05) is 23.1 Å². The second kappa shape index (κ2) is 6.82. The van der Waals surface area contributed by atoms with Crippen LogP contribution >= 0.6 is 15.9 Å². The topological polar surface area (TPSA) is 15.3 Å². The van der Waals surface area contributed by atoms with Crippen molar-refractivity contribution < 1.29 is 4.39 Å². The molecule has 0 radical (unpaired) electrons. The molecule has 0 aliphatic carbocycles. The lowest BCUT2D eigenvalue weighted by Crippen LogP contribution is -2.38. The number of hydrogen-bond donors (Lipinski definition) is 1. The van der Waals surface area contributed by atoms with E-state index in [1.165, 1.54) is 31.5 Å². The van der Waals surface area contributed by atoms with Crippen molar-refractivity contribution in [2.24, 2.45) is 0 Å². The van der Waals surface area contributed by atoms with Crippen LogP contribution in [-0.4, -0.2) is 30.6 Å². The van der Waals surface area contributed by atoms with Gasteiger partial charge in [0.05, 0.1) is 0 Å². The molecule has 2 atom stereocenters. The van der Waals surface area contributed by atoms with Crippen LogP contribution in [0.25, 0.3) is 0 Å². The molecule has 1 aliphatic rings. The van der Waals surface area contributed by atoms with Gasteiger partial charge < -0.3 is 5.32 Å². The second-order valence-corrected chi connectivity index (χ2v) is 6.07. The Kier molecular flexibility index (Phi) is 5.37. The van der Waals surface area contributed by atoms with Crippen molar-refractivity contribution in [3.63, 3.8) is 0 Å². The molecule has 4 heteroatoms. The predicted molar refractivity (Wildman–Crippen MR) is 80.8 cm³/mol. The zero-order valence-corrected chi connectivity index (χ0v) is 13.2. The van der Waals surface area contributed by atoms with Crippen LogP contribution in [0.5, 0.6) is 0 Å². The Labute approximate surface area is 123 Å². The third-order valence-electron chi connectivity index (χ3n) is 3.99. The summed E-state index contributed by atoms with van der Waals surface area (Å²) in [6, 6.07) is 5.78. The molecule has 0 saturated carbocycles. The first kappa shape index (κ1) is 14.9. The minimum absolute atomic E-state index is 0.198. The van der Waals surface area contributed by atoms with Gasteiger partial charge >= 0.3 is 0 Å². The van der Waals surface area contributed by atoms with Crippen molar-refractivity contribution in [3.8, 4) is 0 Å². The van der Waals surface area contributed by atoms with Gasteiger partial charge in [-0.25, -0.2) is 4.39 Å². The summed E-state index contributed by atoms with van der Waals surface area (Å²) in [7, 11) is 0. The molecule has 0 amide bonds. The van der Waals surface area contributed by atoms with Gasteiger partial charge in [-0.1, -0.05) is 28.9 Å². The molecule has 2 unspecified atom stereocenters. The molecule has 1 heterocycles. The number of nitrogens with zero attached hydrogens (tertiary/aromatic N) is 1. The maximum Gasteiger partial charge on any atom is 0.124 e. The number of likely N-dealkylation sites (N-methyl/N-ethyl adjacent to an activating group) is 1. The van der Waals surface area contributed by atoms with E-state index in [-0.39, 0.29) is 11.9 Å². The van der Waals surface area contributed by atoms with Crippen LogP contribution in [0.2, 0.25) is 0 Å². The summed E-state index contributed by atoms with van der Waals surface area (Å²) in [4.78, 5) is 2.53. The normalized spacial score (nSPS) is 21.8. The van der Waals surface area contributed by atoms with Crippen LogP contribution in [0.15, 0.2) is 22.7 Å². The molecule has 1 N–H and O–H groups in total. The van der Waals surface area contributed by atoms with Gasteiger partial charge in [0.1, 0.15) is 5.82 Å². The third-order valence-corrected chi connectivity index (χ3v) is 4.68.